The van der Waals surface area contributed by atoms with Crippen molar-refractivity contribution in [2.24, 2.45) is 0 Å². The molecule has 4 rings (SSSR count). The zero-order chi connectivity index (χ0) is 17.2. The number of carbonyl (C=O) groups excluding carboxylic acids is 1. The number of aromatic amines is 1. The largest absolute Gasteiger partial charge is 0.376 e. The first-order valence-electron chi connectivity index (χ1n) is 8.13. The average molecular weight is 339 g/mol. The Morgan fingerprint density at radius 3 is 3.00 bits per heavy atom. The number of benzene rings is 1. The predicted octanol–water partition coefficient (Wildman–Crippen LogP) is 1.55. The molecule has 2 N–H and O–H groups in total. The smallest absolute Gasteiger partial charge is 0.276 e. The Morgan fingerprint density at radius 2 is 2.20 bits per heavy atom. The van der Waals surface area contributed by atoms with E-state index in [0.717, 1.165) is 19.4 Å². The fourth-order valence-corrected chi connectivity index (χ4v) is 3.00. The Balaban J connectivity index is 1.53. The Bertz CT molecular complexity index is 972. The molecule has 128 valence electrons. The van der Waals surface area contributed by atoms with Gasteiger partial charge in [0.2, 0.25) is 0 Å². The summed E-state index contributed by atoms with van der Waals surface area (Å²) >= 11 is 0. The quantitative estimate of drug-likeness (QED) is 0.751. The zero-order valence-corrected chi connectivity index (χ0v) is 13.4. The summed E-state index contributed by atoms with van der Waals surface area (Å²) in [5, 5.41) is 14.2. The second kappa shape index (κ2) is 6.48. The molecule has 1 atom stereocenters. The number of nitrogens with zero attached hydrogens (tertiary/aromatic N) is 3. The Kier molecular flexibility index (Phi) is 4.02. The van der Waals surface area contributed by atoms with Crippen LogP contribution in [0.2, 0.25) is 0 Å². The van der Waals surface area contributed by atoms with Crippen LogP contribution < -0.4 is 10.9 Å². The van der Waals surface area contributed by atoms with Crippen molar-refractivity contribution in [3.8, 4) is 0 Å². The molecule has 25 heavy (non-hydrogen) atoms. The highest BCUT2D eigenvalue weighted by Crippen LogP contribution is 2.17. The number of H-pyrrole nitrogens is 1. The molecule has 0 saturated carbocycles. The minimum absolute atomic E-state index is 0.169. The number of anilines is 1. The third-order valence-corrected chi connectivity index (χ3v) is 4.22. The highest BCUT2D eigenvalue weighted by atomic mass is 16.5. The van der Waals surface area contributed by atoms with Crippen LogP contribution in [0.4, 0.5) is 5.69 Å². The summed E-state index contributed by atoms with van der Waals surface area (Å²) in [5.41, 5.74) is 0.415. The standard InChI is InChI=1S/C17H17N5O3/c23-16-14-6-2-1-5-13(14)15(20-21-16)17(24)19-11-8-18-22(9-11)10-12-4-3-7-25-12/h1-2,5-6,8-9,12H,3-4,7,10H2,(H,19,24)(H,21,23). The van der Waals surface area contributed by atoms with Crippen LogP contribution in [0.3, 0.4) is 0 Å². The minimum atomic E-state index is -0.399. The normalized spacial score (nSPS) is 17.0. The molecular formula is C17H17N5O3. The van der Waals surface area contributed by atoms with Crippen molar-refractivity contribution in [2.75, 3.05) is 11.9 Å². The topological polar surface area (TPSA) is 102 Å². The first-order valence-corrected chi connectivity index (χ1v) is 8.13. The van der Waals surface area contributed by atoms with Gasteiger partial charge in [-0.05, 0) is 18.9 Å². The van der Waals surface area contributed by atoms with Crippen LogP contribution in [0.1, 0.15) is 23.3 Å². The van der Waals surface area contributed by atoms with E-state index in [1.807, 2.05) is 0 Å². The zero-order valence-electron chi connectivity index (χ0n) is 13.4. The fraction of sp³-hybridized carbons (Fsp3) is 0.294. The SMILES string of the molecule is O=C(Nc1cnn(CC2CCCO2)c1)c1n[nH]c(=O)c2ccccc12. The van der Waals surface area contributed by atoms with Crippen molar-refractivity contribution < 1.29 is 9.53 Å². The second-order valence-electron chi connectivity index (χ2n) is 5.99. The molecule has 0 aliphatic carbocycles. The molecule has 1 amide bonds. The molecule has 0 bridgehead atoms. The lowest BCUT2D eigenvalue weighted by Crippen LogP contribution is -2.19. The van der Waals surface area contributed by atoms with Crippen LogP contribution in [0.25, 0.3) is 10.8 Å². The Morgan fingerprint density at radius 1 is 1.36 bits per heavy atom. The van der Waals surface area contributed by atoms with Gasteiger partial charge in [-0.1, -0.05) is 18.2 Å². The van der Waals surface area contributed by atoms with Gasteiger partial charge >= 0.3 is 0 Å². The highest BCUT2D eigenvalue weighted by Gasteiger charge is 2.18. The molecule has 1 fully saturated rings. The number of rotatable bonds is 4. The van der Waals surface area contributed by atoms with E-state index in [0.29, 0.717) is 23.0 Å². The van der Waals surface area contributed by atoms with E-state index < -0.39 is 5.91 Å². The number of ether oxygens (including phenoxy) is 1. The molecule has 1 unspecified atom stereocenters. The summed E-state index contributed by atoms with van der Waals surface area (Å²) in [5.74, 6) is -0.399. The highest BCUT2D eigenvalue weighted by molar-refractivity contribution is 6.10. The monoisotopic (exact) mass is 339 g/mol. The molecule has 1 saturated heterocycles. The maximum Gasteiger partial charge on any atom is 0.276 e. The van der Waals surface area contributed by atoms with Gasteiger partial charge < -0.3 is 10.1 Å². The number of amides is 1. The summed E-state index contributed by atoms with van der Waals surface area (Å²) < 4.78 is 7.34. The van der Waals surface area contributed by atoms with Gasteiger partial charge in [-0.3, -0.25) is 14.3 Å². The molecule has 1 aliphatic heterocycles. The average Bonchev–Trinajstić information content (AvgIpc) is 3.28. The van der Waals surface area contributed by atoms with Gasteiger partial charge in [-0.15, -0.1) is 0 Å². The maximum atomic E-state index is 12.5. The summed E-state index contributed by atoms with van der Waals surface area (Å²) in [4.78, 5) is 24.3. The number of hydrogen-bond acceptors (Lipinski definition) is 5. The number of carbonyl (C=O) groups is 1. The minimum Gasteiger partial charge on any atom is -0.376 e. The van der Waals surface area contributed by atoms with Crippen LogP contribution in [0.15, 0.2) is 41.5 Å². The van der Waals surface area contributed by atoms with Crippen LogP contribution in [-0.2, 0) is 11.3 Å². The van der Waals surface area contributed by atoms with Crippen molar-refractivity contribution in [3.05, 3.63) is 52.7 Å². The summed E-state index contributed by atoms with van der Waals surface area (Å²) in [6, 6.07) is 6.87. The lowest BCUT2D eigenvalue weighted by atomic mass is 10.1. The number of hydrogen-bond donors (Lipinski definition) is 2. The fourth-order valence-electron chi connectivity index (χ4n) is 3.00. The van der Waals surface area contributed by atoms with E-state index >= 15 is 0 Å². The van der Waals surface area contributed by atoms with E-state index in [1.165, 1.54) is 0 Å². The lowest BCUT2D eigenvalue weighted by Gasteiger charge is -2.08. The predicted molar refractivity (Wildman–Crippen MR) is 91.5 cm³/mol. The van der Waals surface area contributed by atoms with E-state index in [1.54, 1.807) is 41.3 Å². The molecule has 8 heteroatoms. The number of nitrogens with one attached hydrogen (secondary N) is 2. The van der Waals surface area contributed by atoms with Gasteiger partial charge in [-0.25, -0.2) is 5.10 Å². The summed E-state index contributed by atoms with van der Waals surface area (Å²) in [6.45, 7) is 1.45. The van der Waals surface area contributed by atoms with Gasteiger partial charge in [0.05, 0.1) is 29.9 Å². The van der Waals surface area contributed by atoms with E-state index in [2.05, 4.69) is 20.6 Å². The van der Waals surface area contributed by atoms with Crippen molar-refractivity contribution in [1.82, 2.24) is 20.0 Å². The molecular weight excluding hydrogens is 322 g/mol. The molecule has 1 aromatic carbocycles. The van der Waals surface area contributed by atoms with Crippen molar-refractivity contribution >= 4 is 22.4 Å². The van der Waals surface area contributed by atoms with Gasteiger partial charge in [0, 0.05) is 18.2 Å². The lowest BCUT2D eigenvalue weighted by molar-refractivity contribution is 0.0940. The Labute approximate surface area is 142 Å². The van der Waals surface area contributed by atoms with Crippen molar-refractivity contribution in [2.45, 2.75) is 25.5 Å². The first-order chi connectivity index (χ1) is 12.2. The third-order valence-electron chi connectivity index (χ3n) is 4.22. The van der Waals surface area contributed by atoms with Gasteiger partial charge in [0.1, 0.15) is 0 Å². The van der Waals surface area contributed by atoms with E-state index in [4.69, 9.17) is 4.74 Å². The molecule has 8 nitrogen and oxygen atoms in total. The van der Waals surface area contributed by atoms with Crippen molar-refractivity contribution in [1.29, 1.82) is 0 Å². The van der Waals surface area contributed by atoms with Gasteiger partial charge in [0.25, 0.3) is 11.5 Å². The molecule has 3 aromatic rings. The maximum absolute atomic E-state index is 12.5. The van der Waals surface area contributed by atoms with Crippen LogP contribution in [0, 0.1) is 0 Å². The molecule has 1 aliphatic rings. The van der Waals surface area contributed by atoms with Gasteiger partial charge in [0.15, 0.2) is 5.69 Å². The van der Waals surface area contributed by atoms with Crippen LogP contribution >= 0.6 is 0 Å². The molecule has 0 radical (unpaired) electrons. The third kappa shape index (κ3) is 3.16. The molecule has 2 aromatic heterocycles. The molecule has 3 heterocycles. The van der Waals surface area contributed by atoms with Gasteiger partial charge in [-0.2, -0.15) is 10.2 Å². The van der Waals surface area contributed by atoms with Crippen LogP contribution in [-0.4, -0.2) is 38.6 Å². The summed E-state index contributed by atoms with van der Waals surface area (Å²) in [7, 11) is 0. The number of aromatic nitrogens is 4. The Hall–Kier alpha value is -3.00. The van der Waals surface area contributed by atoms with E-state index in [9.17, 15) is 9.59 Å². The van der Waals surface area contributed by atoms with Crippen molar-refractivity contribution in [3.63, 3.8) is 0 Å². The number of fused-ring (bicyclic) bond motifs is 1. The molecule has 0 spiro atoms. The second-order valence-corrected chi connectivity index (χ2v) is 5.99. The first kappa shape index (κ1) is 15.5. The van der Waals surface area contributed by atoms with Crippen LogP contribution in [0.5, 0.6) is 0 Å². The van der Waals surface area contributed by atoms with E-state index in [-0.39, 0.29) is 17.4 Å². The summed E-state index contributed by atoms with van der Waals surface area (Å²) in [6.07, 6.45) is 5.61.